The lowest BCUT2D eigenvalue weighted by molar-refractivity contribution is 0.109. The number of aryl methyl sites for hydroxylation is 1. The number of anilines is 1. The molecule has 1 N–H and O–H groups in total. The molecule has 0 atom stereocenters. The molecule has 1 aromatic heterocycles. The Morgan fingerprint density at radius 1 is 1.32 bits per heavy atom. The molecule has 0 aliphatic rings. The first-order chi connectivity index (χ1) is 9.11. The minimum atomic E-state index is 0.501. The van der Waals surface area contributed by atoms with Crippen molar-refractivity contribution in [2.75, 3.05) is 18.5 Å². The van der Waals surface area contributed by atoms with E-state index in [-0.39, 0.29) is 0 Å². The van der Waals surface area contributed by atoms with E-state index in [1.165, 1.54) is 6.42 Å². The molecule has 0 spiro atoms. The van der Waals surface area contributed by atoms with E-state index < -0.39 is 0 Å². The molecule has 0 amide bonds. The predicted molar refractivity (Wildman–Crippen MR) is 79.3 cm³/mol. The van der Waals surface area contributed by atoms with Crippen LogP contribution in [-0.2, 0) is 11.3 Å². The number of rotatable bonds is 9. The van der Waals surface area contributed by atoms with Crippen LogP contribution in [0.4, 0.5) is 5.82 Å². The van der Waals surface area contributed by atoms with E-state index in [4.69, 9.17) is 4.74 Å². The molecule has 0 aliphatic carbocycles. The van der Waals surface area contributed by atoms with Crippen molar-refractivity contribution >= 4 is 5.82 Å². The molecule has 0 saturated carbocycles. The third kappa shape index (κ3) is 7.11. The molecule has 0 radical (unpaired) electrons. The number of hydrogen-bond acceptors (Lipinski definition) is 4. The van der Waals surface area contributed by atoms with Crippen molar-refractivity contribution in [1.29, 1.82) is 0 Å². The van der Waals surface area contributed by atoms with Gasteiger partial charge in [-0.1, -0.05) is 20.8 Å². The molecular formula is C15H27N3O. The van der Waals surface area contributed by atoms with Gasteiger partial charge in [0, 0.05) is 24.9 Å². The first-order valence-electron chi connectivity index (χ1n) is 7.28. The van der Waals surface area contributed by atoms with Crippen molar-refractivity contribution in [3.05, 3.63) is 17.6 Å². The summed E-state index contributed by atoms with van der Waals surface area (Å²) in [6, 6.07) is 1.97. The second-order valence-corrected chi connectivity index (χ2v) is 5.33. The summed E-state index contributed by atoms with van der Waals surface area (Å²) in [6.07, 6.45) is 3.40. The van der Waals surface area contributed by atoms with Crippen LogP contribution >= 0.6 is 0 Å². The molecule has 0 fully saturated rings. The minimum Gasteiger partial charge on any atom is -0.373 e. The average Bonchev–Trinajstić information content (AvgIpc) is 2.35. The molecule has 0 unspecified atom stereocenters. The standard InChI is InChI=1S/C15H27N3O/c1-5-8-16-14-10-13(4)17-15(18-14)11-19-9-6-7-12(2)3/h10,12H,5-9,11H2,1-4H3,(H,16,17,18). The van der Waals surface area contributed by atoms with E-state index in [0.29, 0.717) is 6.61 Å². The van der Waals surface area contributed by atoms with Crippen LogP contribution in [0.5, 0.6) is 0 Å². The van der Waals surface area contributed by atoms with Gasteiger partial charge in [0.05, 0.1) is 0 Å². The molecule has 1 aromatic rings. The van der Waals surface area contributed by atoms with E-state index in [0.717, 1.165) is 49.2 Å². The second-order valence-electron chi connectivity index (χ2n) is 5.33. The van der Waals surface area contributed by atoms with Gasteiger partial charge in [0.25, 0.3) is 0 Å². The predicted octanol–water partition coefficient (Wildman–Crippen LogP) is 3.56. The van der Waals surface area contributed by atoms with Crippen molar-refractivity contribution in [2.45, 2.75) is 53.6 Å². The molecule has 4 nitrogen and oxygen atoms in total. The van der Waals surface area contributed by atoms with Crippen LogP contribution in [0, 0.1) is 12.8 Å². The second kappa shape index (κ2) is 8.86. The van der Waals surface area contributed by atoms with Gasteiger partial charge in [-0.05, 0) is 32.1 Å². The Bertz CT molecular complexity index is 366. The lowest BCUT2D eigenvalue weighted by Gasteiger charge is -2.09. The lowest BCUT2D eigenvalue weighted by Crippen LogP contribution is -2.07. The molecule has 19 heavy (non-hydrogen) atoms. The smallest absolute Gasteiger partial charge is 0.156 e. The summed E-state index contributed by atoms with van der Waals surface area (Å²) in [4.78, 5) is 8.86. The third-order valence-electron chi connectivity index (χ3n) is 2.76. The lowest BCUT2D eigenvalue weighted by atomic mass is 10.1. The maximum Gasteiger partial charge on any atom is 0.156 e. The third-order valence-corrected chi connectivity index (χ3v) is 2.76. The van der Waals surface area contributed by atoms with Gasteiger partial charge in [-0.15, -0.1) is 0 Å². The monoisotopic (exact) mass is 265 g/mol. The number of ether oxygens (including phenoxy) is 1. The fourth-order valence-electron chi connectivity index (χ4n) is 1.80. The van der Waals surface area contributed by atoms with Crippen LogP contribution in [0.2, 0.25) is 0 Å². The highest BCUT2D eigenvalue weighted by Crippen LogP contribution is 2.08. The Hall–Kier alpha value is -1.16. The summed E-state index contributed by atoms with van der Waals surface area (Å²) in [5.41, 5.74) is 0.981. The summed E-state index contributed by atoms with van der Waals surface area (Å²) in [6.45, 7) is 10.8. The Balaban J connectivity index is 2.38. The largest absolute Gasteiger partial charge is 0.373 e. The fraction of sp³-hybridized carbons (Fsp3) is 0.733. The maximum absolute atomic E-state index is 5.63. The molecule has 4 heteroatoms. The normalized spacial score (nSPS) is 11.0. The maximum atomic E-state index is 5.63. The summed E-state index contributed by atoms with van der Waals surface area (Å²) in [7, 11) is 0. The summed E-state index contributed by atoms with van der Waals surface area (Å²) in [5.74, 6) is 2.40. The highest BCUT2D eigenvalue weighted by Gasteiger charge is 2.02. The van der Waals surface area contributed by atoms with Gasteiger partial charge in [-0.3, -0.25) is 0 Å². The van der Waals surface area contributed by atoms with Crippen LogP contribution in [0.15, 0.2) is 6.07 Å². The highest BCUT2D eigenvalue weighted by molar-refractivity contribution is 5.35. The molecule has 0 saturated heterocycles. The summed E-state index contributed by atoms with van der Waals surface area (Å²) in [5, 5.41) is 3.29. The van der Waals surface area contributed by atoms with Crippen molar-refractivity contribution in [2.24, 2.45) is 5.92 Å². The van der Waals surface area contributed by atoms with Gasteiger partial charge in [0.2, 0.25) is 0 Å². The average molecular weight is 265 g/mol. The Labute approximate surface area is 117 Å². The van der Waals surface area contributed by atoms with Gasteiger partial charge in [-0.2, -0.15) is 0 Å². The molecule has 1 rings (SSSR count). The minimum absolute atomic E-state index is 0.501. The quantitative estimate of drug-likeness (QED) is 0.693. The van der Waals surface area contributed by atoms with E-state index >= 15 is 0 Å². The number of aromatic nitrogens is 2. The topological polar surface area (TPSA) is 47.0 Å². The zero-order valence-electron chi connectivity index (χ0n) is 12.7. The summed E-state index contributed by atoms with van der Waals surface area (Å²) >= 11 is 0. The van der Waals surface area contributed by atoms with Gasteiger partial charge in [0.15, 0.2) is 5.82 Å². The van der Waals surface area contributed by atoms with E-state index in [1.807, 2.05) is 13.0 Å². The van der Waals surface area contributed by atoms with E-state index in [2.05, 4.69) is 36.1 Å². The first-order valence-corrected chi connectivity index (χ1v) is 7.28. The van der Waals surface area contributed by atoms with E-state index in [1.54, 1.807) is 0 Å². The first kappa shape index (κ1) is 15.9. The van der Waals surface area contributed by atoms with Crippen LogP contribution in [0.25, 0.3) is 0 Å². The molecule has 0 aliphatic heterocycles. The van der Waals surface area contributed by atoms with E-state index in [9.17, 15) is 0 Å². The number of nitrogens with zero attached hydrogens (tertiary/aromatic N) is 2. The van der Waals surface area contributed by atoms with Crippen LogP contribution in [0.1, 0.15) is 51.6 Å². The van der Waals surface area contributed by atoms with Gasteiger partial charge in [-0.25, -0.2) is 9.97 Å². The Kier molecular flexibility index (Phi) is 7.41. The van der Waals surface area contributed by atoms with Crippen molar-refractivity contribution < 1.29 is 4.74 Å². The number of nitrogens with one attached hydrogen (secondary N) is 1. The molecule has 0 aromatic carbocycles. The van der Waals surface area contributed by atoms with Crippen molar-refractivity contribution in [3.63, 3.8) is 0 Å². The zero-order chi connectivity index (χ0) is 14.1. The Morgan fingerprint density at radius 2 is 2.11 bits per heavy atom. The fourth-order valence-corrected chi connectivity index (χ4v) is 1.80. The molecule has 0 bridgehead atoms. The molecular weight excluding hydrogens is 238 g/mol. The van der Waals surface area contributed by atoms with Crippen LogP contribution in [0.3, 0.4) is 0 Å². The van der Waals surface area contributed by atoms with Crippen LogP contribution < -0.4 is 5.32 Å². The van der Waals surface area contributed by atoms with Crippen molar-refractivity contribution in [1.82, 2.24) is 9.97 Å². The van der Waals surface area contributed by atoms with Gasteiger partial charge >= 0.3 is 0 Å². The SMILES string of the molecule is CCCNc1cc(C)nc(COCCCC(C)C)n1. The zero-order valence-corrected chi connectivity index (χ0v) is 12.7. The summed E-state index contributed by atoms with van der Waals surface area (Å²) < 4.78 is 5.63. The molecule has 1 heterocycles. The van der Waals surface area contributed by atoms with Crippen molar-refractivity contribution in [3.8, 4) is 0 Å². The van der Waals surface area contributed by atoms with Gasteiger partial charge < -0.3 is 10.1 Å². The highest BCUT2D eigenvalue weighted by atomic mass is 16.5. The van der Waals surface area contributed by atoms with Gasteiger partial charge in [0.1, 0.15) is 12.4 Å². The number of hydrogen-bond donors (Lipinski definition) is 1. The molecule has 108 valence electrons. The Morgan fingerprint density at radius 3 is 2.79 bits per heavy atom. The van der Waals surface area contributed by atoms with Crippen LogP contribution in [-0.4, -0.2) is 23.1 Å².